The summed E-state index contributed by atoms with van der Waals surface area (Å²) in [5.41, 5.74) is 4.07. The molecule has 1 N–H and O–H groups in total. The summed E-state index contributed by atoms with van der Waals surface area (Å²) in [6.45, 7) is 12.8. The Morgan fingerprint density at radius 3 is 2.67 bits per heavy atom. The maximum atomic E-state index is 10.5. The molecule has 1 aromatic heterocycles. The van der Waals surface area contributed by atoms with Crippen molar-refractivity contribution in [2.24, 2.45) is 0 Å². The largest absolute Gasteiger partial charge is 0.390 e. The first-order valence-corrected chi connectivity index (χ1v) is 14.3. The summed E-state index contributed by atoms with van der Waals surface area (Å²) in [7, 11) is 0. The minimum Gasteiger partial charge on any atom is -0.390 e. The standard InChI is InChI=1S/C31H37ClN6O/c1-3-5-14-36(16-13-34-4-2)30-24-12-15-38(28-11-7-9-23-8-6-10-27(32)29(23)28)22-26(24)25(21-33)31(35-30)37-17-19-39-20-18-37/h4,6-11,34H,2-3,5,12-20,22H2,1H3. The number of rotatable bonds is 10. The van der Waals surface area contributed by atoms with Crippen LogP contribution in [0.25, 0.3) is 10.8 Å². The first-order valence-electron chi connectivity index (χ1n) is 14.0. The van der Waals surface area contributed by atoms with Crippen molar-refractivity contribution in [2.45, 2.75) is 32.7 Å². The van der Waals surface area contributed by atoms with Gasteiger partial charge in [-0.2, -0.15) is 5.26 Å². The molecule has 39 heavy (non-hydrogen) atoms. The Labute approximate surface area is 236 Å². The molecule has 2 aliphatic heterocycles. The maximum absolute atomic E-state index is 10.5. The Morgan fingerprint density at radius 2 is 1.92 bits per heavy atom. The average Bonchev–Trinajstić information content (AvgIpc) is 2.98. The SMILES string of the molecule is C=CNCCN(CCCC)c1nc(N2CCOCC2)c(C#N)c2c1CCN(c1cccc3cccc(Cl)c13)C2. The van der Waals surface area contributed by atoms with E-state index in [0.717, 1.165) is 97.2 Å². The molecule has 0 amide bonds. The smallest absolute Gasteiger partial charge is 0.149 e. The van der Waals surface area contributed by atoms with E-state index >= 15 is 0 Å². The number of aromatic nitrogens is 1. The number of morpholine rings is 1. The number of fused-ring (bicyclic) bond motifs is 2. The Balaban J connectivity index is 1.62. The van der Waals surface area contributed by atoms with Gasteiger partial charge in [0, 0.05) is 62.5 Å². The number of unbranched alkanes of at least 4 members (excludes halogenated alkanes) is 1. The number of benzene rings is 2. The lowest BCUT2D eigenvalue weighted by molar-refractivity contribution is 0.122. The Morgan fingerprint density at radius 1 is 1.13 bits per heavy atom. The van der Waals surface area contributed by atoms with Crippen LogP contribution < -0.4 is 20.0 Å². The fraction of sp³-hybridized carbons (Fsp3) is 0.419. The van der Waals surface area contributed by atoms with Crippen molar-refractivity contribution in [1.82, 2.24) is 10.3 Å². The van der Waals surface area contributed by atoms with E-state index in [4.69, 9.17) is 21.3 Å². The van der Waals surface area contributed by atoms with Crippen molar-refractivity contribution < 1.29 is 4.74 Å². The summed E-state index contributed by atoms with van der Waals surface area (Å²) in [6, 6.07) is 14.9. The molecule has 1 fully saturated rings. The van der Waals surface area contributed by atoms with Gasteiger partial charge in [-0.15, -0.1) is 0 Å². The highest BCUT2D eigenvalue weighted by Gasteiger charge is 2.30. The zero-order chi connectivity index (χ0) is 27.2. The molecule has 2 aromatic carbocycles. The highest BCUT2D eigenvalue weighted by molar-refractivity contribution is 6.36. The lowest BCUT2D eigenvalue weighted by Crippen LogP contribution is -2.40. The molecule has 1 saturated heterocycles. The predicted molar refractivity (Wildman–Crippen MR) is 161 cm³/mol. The number of hydrogen-bond donors (Lipinski definition) is 1. The van der Waals surface area contributed by atoms with E-state index in [1.807, 2.05) is 12.1 Å². The number of hydrogen-bond acceptors (Lipinski definition) is 7. The second-order valence-electron chi connectivity index (χ2n) is 10.1. The molecule has 5 rings (SSSR count). The zero-order valence-corrected chi connectivity index (χ0v) is 23.5. The first-order chi connectivity index (χ1) is 19.2. The quantitative estimate of drug-likeness (QED) is 0.338. The van der Waals surface area contributed by atoms with Crippen LogP contribution in [0.4, 0.5) is 17.3 Å². The molecule has 0 spiro atoms. The number of pyridine rings is 1. The number of anilines is 3. The highest BCUT2D eigenvalue weighted by atomic mass is 35.5. The normalized spacial score (nSPS) is 15.1. The van der Waals surface area contributed by atoms with Crippen molar-refractivity contribution in [3.05, 3.63) is 70.9 Å². The van der Waals surface area contributed by atoms with Crippen LogP contribution >= 0.6 is 11.6 Å². The fourth-order valence-corrected chi connectivity index (χ4v) is 5.98. The van der Waals surface area contributed by atoms with E-state index in [0.29, 0.717) is 25.3 Å². The third kappa shape index (κ3) is 5.63. The van der Waals surface area contributed by atoms with Crippen molar-refractivity contribution >= 4 is 39.7 Å². The summed E-state index contributed by atoms with van der Waals surface area (Å²) in [6.07, 6.45) is 4.74. The third-order valence-corrected chi connectivity index (χ3v) is 8.01. The van der Waals surface area contributed by atoms with Gasteiger partial charge in [-0.1, -0.05) is 55.8 Å². The Kier molecular flexibility index (Phi) is 8.75. The molecule has 0 aliphatic carbocycles. The van der Waals surface area contributed by atoms with E-state index in [1.165, 1.54) is 5.56 Å². The average molecular weight is 545 g/mol. The number of halogens is 1. The molecular formula is C31H37ClN6O. The van der Waals surface area contributed by atoms with Gasteiger partial charge in [-0.25, -0.2) is 4.98 Å². The van der Waals surface area contributed by atoms with Crippen molar-refractivity contribution in [1.29, 1.82) is 5.26 Å². The summed E-state index contributed by atoms with van der Waals surface area (Å²) >= 11 is 6.72. The Bertz CT molecular complexity index is 1360. The number of nitrogens with zero attached hydrogens (tertiary/aromatic N) is 5. The first kappa shape index (κ1) is 27.1. The van der Waals surface area contributed by atoms with Crippen LogP contribution in [0.2, 0.25) is 5.02 Å². The minimum atomic E-state index is 0.641. The Hall–Kier alpha value is -3.47. The number of ether oxygens (including phenoxy) is 1. The van der Waals surface area contributed by atoms with E-state index in [-0.39, 0.29) is 0 Å². The van der Waals surface area contributed by atoms with Gasteiger partial charge in [-0.3, -0.25) is 0 Å². The summed E-state index contributed by atoms with van der Waals surface area (Å²) in [5.74, 6) is 1.80. The van der Waals surface area contributed by atoms with Crippen LogP contribution in [0.5, 0.6) is 0 Å². The molecular weight excluding hydrogens is 508 g/mol. The van der Waals surface area contributed by atoms with E-state index in [1.54, 1.807) is 6.20 Å². The van der Waals surface area contributed by atoms with Crippen LogP contribution in [0.1, 0.15) is 36.5 Å². The van der Waals surface area contributed by atoms with E-state index in [9.17, 15) is 5.26 Å². The van der Waals surface area contributed by atoms with E-state index < -0.39 is 0 Å². The second kappa shape index (κ2) is 12.6. The maximum Gasteiger partial charge on any atom is 0.149 e. The van der Waals surface area contributed by atoms with Crippen LogP contribution in [0.3, 0.4) is 0 Å². The summed E-state index contributed by atoms with van der Waals surface area (Å²) < 4.78 is 5.63. The molecule has 8 heteroatoms. The zero-order valence-electron chi connectivity index (χ0n) is 22.8. The number of nitrogens with one attached hydrogen (secondary N) is 1. The van der Waals surface area contributed by atoms with Crippen LogP contribution in [-0.4, -0.2) is 57.5 Å². The van der Waals surface area contributed by atoms with Crippen LogP contribution in [-0.2, 0) is 17.7 Å². The molecule has 3 aromatic rings. The van der Waals surface area contributed by atoms with Gasteiger partial charge < -0.3 is 24.8 Å². The van der Waals surface area contributed by atoms with Crippen molar-refractivity contribution in [3.8, 4) is 6.07 Å². The van der Waals surface area contributed by atoms with Gasteiger partial charge in [0.25, 0.3) is 0 Å². The van der Waals surface area contributed by atoms with Crippen LogP contribution in [0.15, 0.2) is 49.2 Å². The fourth-order valence-electron chi connectivity index (χ4n) is 5.70. The summed E-state index contributed by atoms with van der Waals surface area (Å²) in [5, 5.41) is 16.7. The molecule has 3 heterocycles. The van der Waals surface area contributed by atoms with Gasteiger partial charge in [0.05, 0.1) is 23.8 Å². The molecule has 7 nitrogen and oxygen atoms in total. The van der Waals surface area contributed by atoms with E-state index in [2.05, 4.69) is 63.9 Å². The van der Waals surface area contributed by atoms with Gasteiger partial charge in [-0.05, 0) is 42.1 Å². The lowest BCUT2D eigenvalue weighted by Gasteiger charge is -2.37. The molecule has 0 bridgehead atoms. The van der Waals surface area contributed by atoms with Crippen molar-refractivity contribution in [3.63, 3.8) is 0 Å². The molecule has 204 valence electrons. The monoisotopic (exact) mass is 544 g/mol. The molecule has 0 unspecified atom stereocenters. The predicted octanol–water partition coefficient (Wildman–Crippen LogP) is 5.50. The van der Waals surface area contributed by atoms with Gasteiger partial charge in [0.1, 0.15) is 17.7 Å². The minimum absolute atomic E-state index is 0.641. The van der Waals surface area contributed by atoms with Crippen LogP contribution in [0, 0.1) is 11.3 Å². The molecule has 0 radical (unpaired) electrons. The topological polar surface area (TPSA) is 67.7 Å². The second-order valence-corrected chi connectivity index (χ2v) is 10.5. The molecule has 0 atom stereocenters. The van der Waals surface area contributed by atoms with Gasteiger partial charge in [0.15, 0.2) is 0 Å². The molecule has 2 aliphatic rings. The van der Waals surface area contributed by atoms with Gasteiger partial charge >= 0.3 is 0 Å². The highest BCUT2D eigenvalue weighted by Crippen LogP contribution is 2.39. The molecule has 0 saturated carbocycles. The van der Waals surface area contributed by atoms with Gasteiger partial charge in [0.2, 0.25) is 0 Å². The summed E-state index contributed by atoms with van der Waals surface area (Å²) in [4.78, 5) is 12.2. The third-order valence-electron chi connectivity index (χ3n) is 7.70. The lowest BCUT2D eigenvalue weighted by atomic mass is 9.94. The van der Waals surface area contributed by atoms with Crippen molar-refractivity contribution in [2.75, 3.05) is 67.2 Å². The number of nitriles is 1.